The van der Waals surface area contributed by atoms with E-state index in [9.17, 15) is 9.90 Å². The number of hydrogen-bond donors (Lipinski definition) is 5. The molecule has 1 aromatic carbocycles. The number of nitrogens with one attached hydrogen (secondary N) is 2. The number of carboxylic acids is 1. The predicted octanol–water partition coefficient (Wildman–Crippen LogP) is 0.913. The van der Waals surface area contributed by atoms with E-state index in [-0.39, 0.29) is 36.3 Å². The summed E-state index contributed by atoms with van der Waals surface area (Å²) in [4.78, 5) is 19.2. The monoisotopic (exact) mass is 319 g/mol. The highest BCUT2D eigenvalue weighted by Gasteiger charge is 2.18. The standard InChI is InChI=1S/C14H17N5O4/c1-23-9-5-3-2-4-8(9)17-12-10(15)11(13(21)22)18-14(19-12)16-6-7-20/h2-5,20H,6-7,15H2,1H3,(H,21,22)(H2,16,17,18,19). The maximum atomic E-state index is 11.3. The zero-order chi connectivity index (χ0) is 16.8. The van der Waals surface area contributed by atoms with Gasteiger partial charge in [-0.3, -0.25) is 0 Å². The normalized spacial score (nSPS) is 10.2. The summed E-state index contributed by atoms with van der Waals surface area (Å²) < 4.78 is 5.22. The molecule has 23 heavy (non-hydrogen) atoms. The molecule has 0 radical (unpaired) electrons. The number of nitrogens with zero attached hydrogens (tertiary/aromatic N) is 2. The second kappa shape index (κ2) is 7.27. The van der Waals surface area contributed by atoms with E-state index in [1.165, 1.54) is 7.11 Å². The number of nitrogen functional groups attached to an aromatic ring is 1. The summed E-state index contributed by atoms with van der Waals surface area (Å²) in [6.07, 6.45) is 0. The van der Waals surface area contributed by atoms with Crippen LogP contribution in [0.25, 0.3) is 0 Å². The molecule has 6 N–H and O–H groups in total. The first kappa shape index (κ1) is 16.3. The SMILES string of the molecule is COc1ccccc1Nc1nc(NCCO)nc(C(=O)O)c1N. The van der Waals surface area contributed by atoms with Crippen LogP contribution >= 0.6 is 0 Å². The number of anilines is 4. The molecule has 0 saturated carbocycles. The number of benzene rings is 1. The molecule has 0 atom stereocenters. The van der Waals surface area contributed by atoms with Crippen LogP contribution in [0.3, 0.4) is 0 Å². The number of aliphatic hydroxyl groups excluding tert-OH is 1. The van der Waals surface area contributed by atoms with Gasteiger partial charge in [-0.05, 0) is 12.1 Å². The second-order valence-electron chi connectivity index (χ2n) is 4.44. The summed E-state index contributed by atoms with van der Waals surface area (Å²) >= 11 is 0. The van der Waals surface area contributed by atoms with Crippen molar-refractivity contribution in [1.29, 1.82) is 0 Å². The van der Waals surface area contributed by atoms with Gasteiger partial charge in [0.1, 0.15) is 11.4 Å². The van der Waals surface area contributed by atoms with Crippen LogP contribution in [0.4, 0.5) is 23.1 Å². The summed E-state index contributed by atoms with van der Waals surface area (Å²) in [5.41, 5.74) is 5.97. The highest BCUT2D eigenvalue weighted by atomic mass is 16.5. The van der Waals surface area contributed by atoms with Gasteiger partial charge in [0.25, 0.3) is 0 Å². The van der Waals surface area contributed by atoms with Crippen molar-refractivity contribution in [1.82, 2.24) is 9.97 Å². The number of aliphatic hydroxyl groups is 1. The number of para-hydroxylation sites is 2. The predicted molar refractivity (Wildman–Crippen MR) is 85.3 cm³/mol. The molecule has 2 aromatic rings. The molecule has 0 aliphatic carbocycles. The van der Waals surface area contributed by atoms with E-state index in [0.29, 0.717) is 11.4 Å². The Labute approximate surface area is 132 Å². The number of ether oxygens (including phenoxy) is 1. The van der Waals surface area contributed by atoms with Crippen molar-refractivity contribution in [2.24, 2.45) is 0 Å². The van der Waals surface area contributed by atoms with E-state index >= 15 is 0 Å². The lowest BCUT2D eigenvalue weighted by Crippen LogP contribution is -2.15. The van der Waals surface area contributed by atoms with Gasteiger partial charge in [0, 0.05) is 6.54 Å². The zero-order valence-electron chi connectivity index (χ0n) is 12.4. The van der Waals surface area contributed by atoms with Gasteiger partial charge in [-0.1, -0.05) is 12.1 Å². The van der Waals surface area contributed by atoms with Crippen molar-refractivity contribution in [3.63, 3.8) is 0 Å². The Morgan fingerprint density at radius 1 is 1.35 bits per heavy atom. The Bertz CT molecular complexity index is 708. The van der Waals surface area contributed by atoms with Crippen molar-refractivity contribution in [2.75, 3.05) is 36.6 Å². The highest BCUT2D eigenvalue weighted by molar-refractivity contribution is 5.95. The number of aromatic carboxylic acids is 1. The first-order chi connectivity index (χ1) is 11.1. The molecule has 0 amide bonds. The minimum absolute atomic E-state index is 0.0445. The summed E-state index contributed by atoms with van der Waals surface area (Å²) in [5.74, 6) is -0.558. The topological polar surface area (TPSA) is 143 Å². The zero-order valence-corrected chi connectivity index (χ0v) is 12.4. The summed E-state index contributed by atoms with van der Waals surface area (Å²) in [6.45, 7) is 0.0302. The lowest BCUT2D eigenvalue weighted by Gasteiger charge is -2.14. The molecule has 0 fully saturated rings. The van der Waals surface area contributed by atoms with Crippen LogP contribution in [-0.4, -0.2) is 46.4 Å². The number of aromatic nitrogens is 2. The maximum Gasteiger partial charge on any atom is 0.356 e. The molecular formula is C14H17N5O4. The van der Waals surface area contributed by atoms with Crippen LogP contribution in [0.5, 0.6) is 5.75 Å². The number of carbonyl (C=O) groups is 1. The van der Waals surface area contributed by atoms with E-state index in [1.54, 1.807) is 24.3 Å². The van der Waals surface area contributed by atoms with Gasteiger partial charge >= 0.3 is 5.97 Å². The Morgan fingerprint density at radius 2 is 2.09 bits per heavy atom. The molecule has 0 aliphatic rings. The number of carboxylic acid groups (broad SMARTS) is 1. The lowest BCUT2D eigenvalue weighted by atomic mass is 10.2. The Morgan fingerprint density at radius 3 is 2.74 bits per heavy atom. The van der Waals surface area contributed by atoms with Crippen molar-refractivity contribution in [3.05, 3.63) is 30.0 Å². The average molecular weight is 319 g/mol. The third kappa shape index (κ3) is 3.77. The van der Waals surface area contributed by atoms with E-state index in [4.69, 9.17) is 15.6 Å². The number of nitrogens with two attached hydrogens (primary N) is 1. The smallest absolute Gasteiger partial charge is 0.356 e. The fourth-order valence-electron chi connectivity index (χ4n) is 1.85. The minimum atomic E-state index is -1.28. The van der Waals surface area contributed by atoms with E-state index in [0.717, 1.165) is 0 Å². The van der Waals surface area contributed by atoms with Crippen LogP contribution in [0.2, 0.25) is 0 Å². The number of rotatable bonds is 7. The molecule has 0 bridgehead atoms. The van der Waals surface area contributed by atoms with E-state index in [2.05, 4.69) is 20.6 Å². The molecular weight excluding hydrogens is 302 g/mol. The summed E-state index contributed by atoms with van der Waals surface area (Å²) in [6, 6.07) is 7.06. The van der Waals surface area contributed by atoms with Gasteiger partial charge in [-0.15, -0.1) is 0 Å². The van der Waals surface area contributed by atoms with Gasteiger partial charge in [0.05, 0.1) is 19.4 Å². The molecule has 9 nitrogen and oxygen atoms in total. The van der Waals surface area contributed by atoms with Gasteiger partial charge in [0.15, 0.2) is 11.5 Å². The van der Waals surface area contributed by atoms with Crippen molar-refractivity contribution < 1.29 is 19.7 Å². The first-order valence-corrected chi connectivity index (χ1v) is 6.72. The molecule has 0 unspecified atom stereocenters. The Hall–Kier alpha value is -3.07. The molecule has 1 heterocycles. The Kier molecular flexibility index (Phi) is 5.15. The third-order valence-electron chi connectivity index (χ3n) is 2.90. The van der Waals surface area contributed by atoms with Crippen molar-refractivity contribution in [3.8, 4) is 5.75 Å². The first-order valence-electron chi connectivity index (χ1n) is 6.72. The molecule has 2 rings (SSSR count). The maximum absolute atomic E-state index is 11.3. The van der Waals surface area contributed by atoms with Crippen LogP contribution in [-0.2, 0) is 0 Å². The van der Waals surface area contributed by atoms with Crippen LogP contribution in [0, 0.1) is 0 Å². The van der Waals surface area contributed by atoms with Gasteiger partial charge in [0.2, 0.25) is 5.95 Å². The minimum Gasteiger partial charge on any atom is -0.495 e. The highest BCUT2D eigenvalue weighted by Crippen LogP contribution is 2.30. The number of hydrogen-bond acceptors (Lipinski definition) is 8. The summed E-state index contributed by atoms with van der Waals surface area (Å²) in [7, 11) is 1.51. The molecule has 1 aromatic heterocycles. The van der Waals surface area contributed by atoms with Gasteiger partial charge < -0.3 is 31.3 Å². The number of methoxy groups -OCH3 is 1. The summed E-state index contributed by atoms with van der Waals surface area (Å²) in [5, 5.41) is 23.7. The van der Waals surface area contributed by atoms with Crippen molar-refractivity contribution >= 4 is 29.1 Å². The van der Waals surface area contributed by atoms with E-state index < -0.39 is 5.97 Å². The van der Waals surface area contributed by atoms with Gasteiger partial charge in [-0.25, -0.2) is 9.78 Å². The van der Waals surface area contributed by atoms with Crippen LogP contribution in [0.1, 0.15) is 10.5 Å². The molecule has 0 aliphatic heterocycles. The Balaban J connectivity index is 2.43. The fourth-order valence-corrected chi connectivity index (χ4v) is 1.85. The largest absolute Gasteiger partial charge is 0.495 e. The lowest BCUT2D eigenvalue weighted by molar-refractivity contribution is 0.0692. The molecule has 9 heteroatoms. The third-order valence-corrected chi connectivity index (χ3v) is 2.90. The van der Waals surface area contributed by atoms with Crippen molar-refractivity contribution in [2.45, 2.75) is 0 Å². The molecule has 122 valence electrons. The fraction of sp³-hybridized carbons (Fsp3) is 0.214. The average Bonchev–Trinajstić information content (AvgIpc) is 2.55. The molecule has 0 saturated heterocycles. The van der Waals surface area contributed by atoms with Crippen LogP contribution < -0.4 is 21.1 Å². The molecule has 0 spiro atoms. The quantitative estimate of drug-likeness (QED) is 0.503. The second-order valence-corrected chi connectivity index (χ2v) is 4.44. The van der Waals surface area contributed by atoms with E-state index in [1.807, 2.05) is 0 Å². The van der Waals surface area contributed by atoms with Gasteiger partial charge in [-0.2, -0.15) is 4.98 Å². The van der Waals surface area contributed by atoms with Crippen LogP contribution in [0.15, 0.2) is 24.3 Å².